The van der Waals surface area contributed by atoms with Crippen LogP contribution in [-0.4, -0.2) is 27.0 Å². The van der Waals surface area contributed by atoms with Crippen molar-refractivity contribution >= 4 is 17.6 Å². The van der Waals surface area contributed by atoms with Crippen LogP contribution in [0.5, 0.6) is 0 Å². The number of anilines is 1. The van der Waals surface area contributed by atoms with E-state index in [2.05, 4.69) is 22.5 Å². The number of carboxylic acid groups (broad SMARTS) is 1. The molecule has 6 bridgehead atoms. The van der Waals surface area contributed by atoms with E-state index in [0.717, 1.165) is 48.5 Å². The van der Waals surface area contributed by atoms with Crippen LogP contribution in [0.1, 0.15) is 96.1 Å². The summed E-state index contributed by atoms with van der Waals surface area (Å²) in [5.41, 5.74) is 2.53. The Kier molecular flexibility index (Phi) is 5.16. The summed E-state index contributed by atoms with van der Waals surface area (Å²) >= 11 is 0. The fraction of sp³-hybridized carbons (Fsp3) is 0.567. The molecule has 188 valence electrons. The van der Waals surface area contributed by atoms with Gasteiger partial charge in [0, 0.05) is 17.3 Å². The molecule has 6 nitrogen and oxygen atoms in total. The van der Waals surface area contributed by atoms with Crippen LogP contribution >= 0.6 is 0 Å². The van der Waals surface area contributed by atoms with Crippen LogP contribution in [-0.2, 0) is 6.42 Å². The number of rotatable bonds is 7. The van der Waals surface area contributed by atoms with Crippen molar-refractivity contribution < 1.29 is 14.7 Å². The molecule has 6 aliphatic carbocycles. The number of H-pyrrole nitrogens is 1. The van der Waals surface area contributed by atoms with Gasteiger partial charge in [-0.2, -0.15) is 0 Å². The number of carbonyl (C=O) groups is 2. The zero-order chi connectivity index (χ0) is 24.4. The lowest BCUT2D eigenvalue weighted by Gasteiger charge is -2.57. The monoisotopic (exact) mass is 485 g/mol. The SMILES string of the molecule is O=C(O)c1cccc(NC(=O)c2nc(C3CC4C=CC3C4)[nH]c2CCC23CC4CC(CC(C4)C2)C3)c1. The topological polar surface area (TPSA) is 95.1 Å². The lowest BCUT2D eigenvalue weighted by atomic mass is 9.48. The molecular weight excluding hydrogens is 450 g/mol. The number of aromatic carboxylic acids is 1. The maximum absolute atomic E-state index is 13.5. The van der Waals surface area contributed by atoms with Gasteiger partial charge in [0.2, 0.25) is 0 Å². The Bertz CT molecular complexity index is 1210. The molecule has 1 heterocycles. The number of nitrogens with zero attached hydrogens (tertiary/aromatic N) is 1. The van der Waals surface area contributed by atoms with Crippen molar-refractivity contribution in [3.63, 3.8) is 0 Å². The van der Waals surface area contributed by atoms with E-state index in [1.165, 1.54) is 57.1 Å². The minimum Gasteiger partial charge on any atom is -0.478 e. The Morgan fingerprint density at radius 3 is 2.42 bits per heavy atom. The lowest BCUT2D eigenvalue weighted by Crippen LogP contribution is -2.46. The number of nitrogens with one attached hydrogen (secondary N) is 2. The quantitative estimate of drug-likeness (QED) is 0.408. The normalized spacial score (nSPS) is 35.4. The first kappa shape index (κ1) is 22.3. The Labute approximate surface area is 212 Å². The Morgan fingerprint density at radius 2 is 1.78 bits per heavy atom. The lowest BCUT2D eigenvalue weighted by molar-refractivity contribution is -0.0570. The van der Waals surface area contributed by atoms with Gasteiger partial charge >= 0.3 is 5.97 Å². The first-order valence-corrected chi connectivity index (χ1v) is 13.8. The molecule has 6 heteroatoms. The number of amides is 1. The number of imidazole rings is 1. The highest BCUT2D eigenvalue weighted by atomic mass is 16.4. The third-order valence-electron chi connectivity index (χ3n) is 10.1. The molecule has 0 spiro atoms. The van der Waals surface area contributed by atoms with Crippen molar-refractivity contribution in [2.75, 3.05) is 5.32 Å². The third kappa shape index (κ3) is 3.89. The molecule has 3 unspecified atom stereocenters. The van der Waals surface area contributed by atoms with E-state index in [1.54, 1.807) is 12.1 Å². The average molecular weight is 486 g/mol. The second-order valence-electron chi connectivity index (χ2n) is 12.6. The zero-order valence-electron chi connectivity index (χ0n) is 20.7. The van der Waals surface area contributed by atoms with Crippen LogP contribution in [0.4, 0.5) is 5.69 Å². The molecule has 5 fully saturated rings. The summed E-state index contributed by atoms with van der Waals surface area (Å²) in [5.74, 6) is 3.95. The molecule has 5 saturated carbocycles. The number of carboxylic acids is 1. The maximum Gasteiger partial charge on any atom is 0.335 e. The maximum atomic E-state index is 13.5. The van der Waals surface area contributed by atoms with Crippen molar-refractivity contribution in [1.29, 1.82) is 0 Å². The Balaban J connectivity index is 1.15. The van der Waals surface area contributed by atoms with E-state index >= 15 is 0 Å². The largest absolute Gasteiger partial charge is 0.478 e. The van der Waals surface area contributed by atoms with Crippen LogP contribution in [0.25, 0.3) is 0 Å². The third-order valence-corrected chi connectivity index (χ3v) is 10.1. The summed E-state index contributed by atoms with van der Waals surface area (Å²) < 4.78 is 0. The van der Waals surface area contributed by atoms with Gasteiger partial charge in [0.05, 0.1) is 5.56 Å². The highest BCUT2D eigenvalue weighted by Crippen LogP contribution is 2.61. The summed E-state index contributed by atoms with van der Waals surface area (Å²) in [6, 6.07) is 6.42. The fourth-order valence-corrected chi connectivity index (χ4v) is 8.98. The van der Waals surface area contributed by atoms with Crippen molar-refractivity contribution in [3.05, 3.63) is 59.2 Å². The zero-order valence-corrected chi connectivity index (χ0v) is 20.7. The first-order valence-electron chi connectivity index (χ1n) is 13.8. The van der Waals surface area contributed by atoms with Gasteiger partial charge in [-0.25, -0.2) is 9.78 Å². The molecule has 0 aliphatic heterocycles. The number of carbonyl (C=O) groups excluding carboxylic acids is 1. The van der Waals surface area contributed by atoms with Gasteiger partial charge in [-0.15, -0.1) is 0 Å². The summed E-state index contributed by atoms with van der Waals surface area (Å²) in [7, 11) is 0. The molecule has 0 saturated heterocycles. The number of aryl methyl sites for hydroxylation is 1. The van der Waals surface area contributed by atoms with E-state index in [9.17, 15) is 14.7 Å². The van der Waals surface area contributed by atoms with Crippen molar-refractivity contribution in [1.82, 2.24) is 9.97 Å². The van der Waals surface area contributed by atoms with Crippen LogP contribution in [0, 0.1) is 35.0 Å². The van der Waals surface area contributed by atoms with Gasteiger partial charge in [-0.1, -0.05) is 18.2 Å². The highest BCUT2D eigenvalue weighted by molar-refractivity contribution is 6.04. The molecule has 1 aromatic heterocycles. The molecule has 36 heavy (non-hydrogen) atoms. The van der Waals surface area contributed by atoms with E-state index in [-0.39, 0.29) is 11.5 Å². The summed E-state index contributed by atoms with van der Waals surface area (Å²) in [6.07, 6.45) is 17.3. The molecule has 2 aromatic rings. The second kappa shape index (κ2) is 8.32. The summed E-state index contributed by atoms with van der Waals surface area (Å²) in [6.45, 7) is 0. The van der Waals surface area contributed by atoms with Crippen LogP contribution in [0.15, 0.2) is 36.4 Å². The number of allylic oxidation sites excluding steroid dienone is 2. The van der Waals surface area contributed by atoms with Gasteiger partial charge in [0.15, 0.2) is 0 Å². The number of hydrogen-bond donors (Lipinski definition) is 3. The van der Waals surface area contributed by atoms with Crippen molar-refractivity contribution in [2.24, 2.45) is 35.0 Å². The molecule has 1 amide bonds. The van der Waals surface area contributed by atoms with Gasteiger partial charge in [-0.05, 0) is 117 Å². The molecular formula is C30H35N3O3. The smallest absolute Gasteiger partial charge is 0.335 e. The number of hydrogen-bond acceptors (Lipinski definition) is 3. The number of fused-ring (bicyclic) bond motifs is 2. The second-order valence-corrected chi connectivity index (χ2v) is 12.6. The average Bonchev–Trinajstić information content (AvgIpc) is 3.58. The van der Waals surface area contributed by atoms with Gasteiger partial charge in [-0.3, -0.25) is 4.79 Å². The van der Waals surface area contributed by atoms with E-state index < -0.39 is 5.97 Å². The molecule has 1 aromatic carbocycles. The molecule has 3 N–H and O–H groups in total. The van der Waals surface area contributed by atoms with Gasteiger partial charge < -0.3 is 15.4 Å². The van der Waals surface area contributed by atoms with E-state index in [1.807, 2.05) is 0 Å². The summed E-state index contributed by atoms with van der Waals surface area (Å²) in [5, 5.41) is 12.3. The standard InChI is InChI=1S/C30H35N3O3/c34-28(31-23-3-1-2-22(13-23)29(35)36)26-25(32-27(33-26)24-12-17-4-5-21(24)11-17)6-7-30-14-18-8-19(15-30)10-20(9-18)16-30/h1-5,13,17-21,24H,6-12,14-16H2,(H,31,34)(H,32,33)(H,35,36). The minimum atomic E-state index is -1.01. The molecule has 0 radical (unpaired) electrons. The fourth-order valence-electron chi connectivity index (χ4n) is 8.98. The van der Waals surface area contributed by atoms with Crippen molar-refractivity contribution in [2.45, 2.75) is 70.1 Å². The number of aromatic amines is 1. The van der Waals surface area contributed by atoms with Crippen LogP contribution in [0.3, 0.4) is 0 Å². The van der Waals surface area contributed by atoms with Gasteiger partial charge in [0.1, 0.15) is 11.5 Å². The molecule has 3 atom stereocenters. The van der Waals surface area contributed by atoms with Crippen LogP contribution in [0.2, 0.25) is 0 Å². The van der Waals surface area contributed by atoms with Crippen LogP contribution < -0.4 is 5.32 Å². The minimum absolute atomic E-state index is 0.159. The number of benzene rings is 1. The summed E-state index contributed by atoms with van der Waals surface area (Å²) in [4.78, 5) is 33.4. The molecule has 6 aliphatic rings. The first-order chi connectivity index (χ1) is 17.4. The van der Waals surface area contributed by atoms with Gasteiger partial charge in [0.25, 0.3) is 5.91 Å². The Hall–Kier alpha value is -2.89. The number of aromatic nitrogens is 2. The predicted octanol–water partition coefficient (Wildman–Crippen LogP) is 6.19. The Morgan fingerprint density at radius 1 is 1.03 bits per heavy atom. The highest BCUT2D eigenvalue weighted by Gasteiger charge is 2.50. The molecule has 8 rings (SSSR count). The predicted molar refractivity (Wildman–Crippen MR) is 137 cm³/mol. The van der Waals surface area contributed by atoms with Crippen molar-refractivity contribution in [3.8, 4) is 0 Å². The van der Waals surface area contributed by atoms with E-state index in [4.69, 9.17) is 4.98 Å². The van der Waals surface area contributed by atoms with E-state index in [0.29, 0.717) is 34.6 Å².